The molecule has 14 heteroatoms. The number of benzene rings is 1. The van der Waals surface area contributed by atoms with Gasteiger partial charge in [0.25, 0.3) is 5.91 Å². The van der Waals surface area contributed by atoms with Gasteiger partial charge in [-0.2, -0.15) is 0 Å². The number of carbonyl (C=O) groups is 1. The predicted molar refractivity (Wildman–Crippen MR) is 128 cm³/mol. The van der Waals surface area contributed by atoms with Crippen LogP contribution in [0.2, 0.25) is 5.02 Å². The molecule has 0 unspecified atom stereocenters. The van der Waals surface area contributed by atoms with Gasteiger partial charge in [-0.3, -0.25) is 9.78 Å². The second-order valence-corrected chi connectivity index (χ2v) is 8.46. The molecular weight excluding hydrogens is 513 g/mol. The fourth-order valence-corrected chi connectivity index (χ4v) is 3.78. The maximum Gasteiger partial charge on any atom is 0.255 e. The number of nitrogens with zero attached hydrogens (tertiary/aromatic N) is 3. The van der Waals surface area contributed by atoms with Crippen molar-refractivity contribution in [2.45, 2.75) is 30.7 Å². The van der Waals surface area contributed by atoms with E-state index >= 15 is 0 Å². The Labute approximate surface area is 214 Å². The standard InChI is InChI=1S/C23H23ClFN5O7/c1-36-16-9-27-20(11-6-10(24)2-3-13(11)25)30-21(16)29-14-4-5-26-7-12(14)22(34)28-8-15-17(31)18(32)19(33)23(35)37-15/h2-7,9,15,17-19,23,31-33,35H,8H2,1H3,(H,28,34)(H,26,27,29,30)/t15-,17-,18+,19-,23-/m1/s1. The number of pyridine rings is 1. The van der Waals surface area contributed by atoms with E-state index in [2.05, 4.69) is 25.6 Å². The first-order valence-electron chi connectivity index (χ1n) is 10.9. The molecular formula is C23H23ClFN5O7. The number of aliphatic hydroxyl groups excluding tert-OH is 4. The van der Waals surface area contributed by atoms with Crippen molar-refractivity contribution in [3.8, 4) is 17.1 Å². The monoisotopic (exact) mass is 535 g/mol. The molecule has 196 valence electrons. The van der Waals surface area contributed by atoms with Crippen molar-refractivity contribution in [2.24, 2.45) is 0 Å². The van der Waals surface area contributed by atoms with E-state index in [1.807, 2.05) is 0 Å². The van der Waals surface area contributed by atoms with E-state index in [1.165, 1.54) is 50.0 Å². The lowest BCUT2D eigenvalue weighted by atomic mass is 9.99. The number of aromatic nitrogens is 3. The second-order valence-electron chi connectivity index (χ2n) is 8.03. The molecule has 6 N–H and O–H groups in total. The van der Waals surface area contributed by atoms with Gasteiger partial charge in [0.05, 0.1) is 30.1 Å². The highest BCUT2D eigenvalue weighted by Gasteiger charge is 2.43. The summed E-state index contributed by atoms with van der Waals surface area (Å²) in [4.78, 5) is 25.3. The van der Waals surface area contributed by atoms with E-state index in [9.17, 15) is 29.6 Å². The minimum atomic E-state index is -1.74. The van der Waals surface area contributed by atoms with E-state index in [1.54, 1.807) is 0 Å². The molecule has 0 radical (unpaired) electrons. The van der Waals surface area contributed by atoms with Crippen molar-refractivity contribution >= 4 is 29.0 Å². The van der Waals surface area contributed by atoms with E-state index in [0.717, 1.165) is 0 Å². The van der Waals surface area contributed by atoms with Crippen molar-refractivity contribution in [1.29, 1.82) is 0 Å². The van der Waals surface area contributed by atoms with Crippen LogP contribution in [0.3, 0.4) is 0 Å². The lowest BCUT2D eigenvalue weighted by Gasteiger charge is -2.38. The summed E-state index contributed by atoms with van der Waals surface area (Å²) in [5.41, 5.74) is 0.374. The van der Waals surface area contributed by atoms with Gasteiger partial charge in [0.1, 0.15) is 30.2 Å². The second kappa shape index (κ2) is 11.3. The Hall–Kier alpha value is -3.46. The van der Waals surface area contributed by atoms with Gasteiger partial charge in [-0.15, -0.1) is 0 Å². The van der Waals surface area contributed by atoms with Gasteiger partial charge in [-0.25, -0.2) is 14.4 Å². The van der Waals surface area contributed by atoms with Crippen molar-refractivity contribution in [3.63, 3.8) is 0 Å². The molecule has 2 aromatic heterocycles. The lowest BCUT2D eigenvalue weighted by molar-refractivity contribution is -0.279. The number of amides is 1. The molecule has 4 rings (SSSR count). The van der Waals surface area contributed by atoms with Gasteiger partial charge in [0, 0.05) is 24.0 Å². The molecule has 0 saturated carbocycles. The quantitative estimate of drug-likeness (QED) is 0.249. The zero-order valence-electron chi connectivity index (χ0n) is 19.2. The highest BCUT2D eigenvalue weighted by Crippen LogP contribution is 2.30. The third-order valence-electron chi connectivity index (χ3n) is 5.61. The van der Waals surface area contributed by atoms with E-state index in [-0.39, 0.29) is 40.8 Å². The van der Waals surface area contributed by atoms with Crippen molar-refractivity contribution < 1.29 is 39.1 Å². The number of rotatable bonds is 7. The van der Waals surface area contributed by atoms with Gasteiger partial charge < -0.3 is 40.5 Å². The zero-order valence-corrected chi connectivity index (χ0v) is 20.0. The fraction of sp³-hybridized carbons (Fsp3) is 0.304. The molecule has 37 heavy (non-hydrogen) atoms. The average molecular weight is 536 g/mol. The number of carbonyl (C=O) groups excluding carboxylic acids is 1. The number of anilines is 2. The number of aliphatic hydroxyl groups is 4. The highest BCUT2D eigenvalue weighted by atomic mass is 35.5. The minimum absolute atomic E-state index is 0.0195. The van der Waals surface area contributed by atoms with Crippen LogP contribution in [0.1, 0.15) is 10.4 Å². The Kier molecular flexibility index (Phi) is 8.12. The summed E-state index contributed by atoms with van der Waals surface area (Å²) in [6.07, 6.45) is -3.81. The number of ether oxygens (including phenoxy) is 2. The number of hydrogen-bond donors (Lipinski definition) is 6. The molecule has 1 aromatic carbocycles. The Balaban J connectivity index is 1.55. The summed E-state index contributed by atoms with van der Waals surface area (Å²) in [6.45, 7) is -0.301. The first-order valence-corrected chi connectivity index (χ1v) is 11.3. The van der Waals surface area contributed by atoms with E-state index < -0.39 is 42.4 Å². The van der Waals surface area contributed by atoms with Gasteiger partial charge in [-0.1, -0.05) is 11.6 Å². The summed E-state index contributed by atoms with van der Waals surface area (Å²) in [5.74, 6) is -0.880. The van der Waals surface area contributed by atoms with Crippen LogP contribution >= 0.6 is 11.6 Å². The highest BCUT2D eigenvalue weighted by molar-refractivity contribution is 6.30. The van der Waals surface area contributed by atoms with Crippen LogP contribution in [-0.2, 0) is 4.74 Å². The SMILES string of the molecule is COc1cnc(-c2cc(Cl)ccc2F)nc1Nc1ccncc1C(=O)NC[C@H]1O[C@@H](O)[C@H](O)[C@@H](O)[C@@H]1O. The molecule has 1 aliphatic rings. The molecule has 0 aliphatic carbocycles. The Bertz CT molecular complexity index is 1290. The summed E-state index contributed by atoms with van der Waals surface area (Å²) in [6, 6.07) is 5.45. The van der Waals surface area contributed by atoms with Gasteiger partial charge in [0.15, 0.2) is 23.7 Å². The normalized spacial score (nSPS) is 23.4. The molecule has 1 saturated heterocycles. The molecule has 3 aromatic rings. The maximum absolute atomic E-state index is 14.4. The average Bonchev–Trinajstić information content (AvgIpc) is 2.90. The smallest absolute Gasteiger partial charge is 0.255 e. The first-order chi connectivity index (χ1) is 17.7. The zero-order chi connectivity index (χ0) is 26.7. The summed E-state index contributed by atoms with van der Waals surface area (Å²) in [7, 11) is 1.39. The summed E-state index contributed by atoms with van der Waals surface area (Å²) >= 11 is 5.99. The van der Waals surface area contributed by atoms with Crippen LogP contribution in [0.4, 0.5) is 15.9 Å². The summed E-state index contributed by atoms with van der Waals surface area (Å²) in [5, 5.41) is 45.0. The molecule has 1 amide bonds. The van der Waals surface area contributed by atoms with Crippen molar-refractivity contribution in [1.82, 2.24) is 20.3 Å². The van der Waals surface area contributed by atoms with Crippen LogP contribution in [0.15, 0.2) is 42.9 Å². The van der Waals surface area contributed by atoms with E-state index in [0.29, 0.717) is 5.02 Å². The Morgan fingerprint density at radius 2 is 1.95 bits per heavy atom. The third-order valence-corrected chi connectivity index (χ3v) is 5.85. The van der Waals surface area contributed by atoms with Crippen molar-refractivity contribution in [2.75, 3.05) is 19.0 Å². The Morgan fingerprint density at radius 1 is 1.16 bits per heavy atom. The largest absolute Gasteiger partial charge is 0.491 e. The number of hydrogen-bond acceptors (Lipinski definition) is 11. The topological polar surface area (TPSA) is 179 Å². The van der Waals surface area contributed by atoms with Gasteiger partial charge >= 0.3 is 0 Å². The molecule has 12 nitrogen and oxygen atoms in total. The molecule has 3 heterocycles. The van der Waals surface area contributed by atoms with Crippen LogP contribution in [0, 0.1) is 5.82 Å². The number of methoxy groups -OCH3 is 1. The fourth-order valence-electron chi connectivity index (χ4n) is 3.61. The van der Waals surface area contributed by atoms with Crippen LogP contribution in [0.5, 0.6) is 5.75 Å². The number of halogens is 2. The maximum atomic E-state index is 14.4. The van der Waals surface area contributed by atoms with Gasteiger partial charge in [0.2, 0.25) is 0 Å². The lowest BCUT2D eigenvalue weighted by Crippen LogP contribution is -2.60. The minimum Gasteiger partial charge on any atom is -0.491 e. The first kappa shape index (κ1) is 26.6. The molecule has 1 aliphatic heterocycles. The molecule has 0 bridgehead atoms. The summed E-state index contributed by atoms with van der Waals surface area (Å²) < 4.78 is 24.7. The number of nitrogens with one attached hydrogen (secondary N) is 2. The third kappa shape index (κ3) is 5.77. The van der Waals surface area contributed by atoms with E-state index in [4.69, 9.17) is 21.1 Å². The molecule has 5 atom stereocenters. The Morgan fingerprint density at radius 3 is 2.70 bits per heavy atom. The predicted octanol–water partition coefficient (Wildman–Crippen LogP) is 0.613. The van der Waals surface area contributed by atoms with Crippen LogP contribution in [0.25, 0.3) is 11.4 Å². The van der Waals surface area contributed by atoms with Crippen molar-refractivity contribution in [3.05, 3.63) is 59.3 Å². The molecule has 1 fully saturated rings. The van der Waals surface area contributed by atoms with Gasteiger partial charge in [-0.05, 0) is 24.3 Å². The molecule has 0 spiro atoms. The van der Waals surface area contributed by atoms with Crippen LogP contribution < -0.4 is 15.4 Å². The van der Waals surface area contributed by atoms with Crippen LogP contribution in [-0.4, -0.2) is 85.6 Å².